The van der Waals surface area contributed by atoms with Gasteiger partial charge in [0.1, 0.15) is 12.3 Å². The number of benzene rings is 1. The maximum atomic E-state index is 11.5. The molecule has 4 N–H and O–H groups in total. The molecule has 1 fully saturated rings. The molecule has 0 unspecified atom stereocenters. The summed E-state index contributed by atoms with van der Waals surface area (Å²) in [4.78, 5) is 15.5. The highest BCUT2D eigenvalue weighted by Gasteiger charge is 2.21. The summed E-state index contributed by atoms with van der Waals surface area (Å²) in [6, 6.07) is 7.37. The van der Waals surface area contributed by atoms with Crippen molar-refractivity contribution in [3.63, 3.8) is 0 Å². The molecule has 0 atom stereocenters. The number of nitrogens with two attached hydrogens (primary N) is 1. The molecule has 1 aliphatic rings. The molecule has 0 bridgehead atoms. The first-order chi connectivity index (χ1) is 9.69. The van der Waals surface area contributed by atoms with Crippen LogP contribution < -0.4 is 21.1 Å². The predicted molar refractivity (Wildman–Crippen MR) is 94.3 cm³/mol. The molecule has 1 aliphatic carbocycles. The highest BCUT2D eigenvalue weighted by atomic mass is 127. The highest BCUT2D eigenvalue weighted by molar-refractivity contribution is 14.0. The van der Waals surface area contributed by atoms with Crippen molar-refractivity contribution in [3.05, 3.63) is 24.3 Å². The molecule has 1 aromatic rings. The molecule has 1 aromatic carbocycles. The first kappa shape index (κ1) is 17.5. The zero-order valence-electron chi connectivity index (χ0n) is 12.0. The van der Waals surface area contributed by atoms with Crippen LogP contribution in [0.4, 0.5) is 5.69 Å². The van der Waals surface area contributed by atoms with Gasteiger partial charge in [-0.1, -0.05) is 12.1 Å². The topological polar surface area (TPSA) is 88.7 Å². The Labute approximate surface area is 141 Å². The van der Waals surface area contributed by atoms with Crippen LogP contribution in [0.25, 0.3) is 0 Å². The second kappa shape index (κ2) is 8.71. The molecule has 7 heteroatoms. The van der Waals surface area contributed by atoms with Crippen LogP contribution in [0.3, 0.4) is 0 Å². The summed E-state index contributed by atoms with van der Waals surface area (Å²) in [6.07, 6.45) is 2.42. The van der Waals surface area contributed by atoms with E-state index >= 15 is 0 Å². The molecule has 0 aromatic heterocycles. The predicted octanol–water partition coefficient (Wildman–Crippen LogP) is 1.57. The third kappa shape index (κ3) is 6.19. The second-order valence-electron chi connectivity index (χ2n) is 4.77. The van der Waals surface area contributed by atoms with Crippen molar-refractivity contribution in [1.29, 1.82) is 0 Å². The molecule has 0 saturated heterocycles. The van der Waals surface area contributed by atoms with Gasteiger partial charge in [0.2, 0.25) is 5.91 Å². The lowest BCUT2D eigenvalue weighted by Gasteiger charge is -2.10. The SMILES string of the molecule is COc1ccccc1NC(N)=NCC(=O)NCC1CC1.I. The van der Waals surface area contributed by atoms with Gasteiger partial charge in [-0.05, 0) is 30.9 Å². The number of amides is 1. The Hall–Kier alpha value is -1.51. The monoisotopic (exact) mass is 404 g/mol. The number of para-hydroxylation sites is 2. The summed E-state index contributed by atoms with van der Waals surface area (Å²) < 4.78 is 5.19. The van der Waals surface area contributed by atoms with Gasteiger partial charge >= 0.3 is 0 Å². The molecule has 2 rings (SSSR count). The van der Waals surface area contributed by atoms with Crippen LogP contribution in [0.15, 0.2) is 29.3 Å². The van der Waals surface area contributed by atoms with Gasteiger partial charge in [-0.25, -0.2) is 4.99 Å². The molecule has 0 spiro atoms. The Bertz CT molecular complexity index is 504. The van der Waals surface area contributed by atoms with Crippen molar-refractivity contribution in [2.45, 2.75) is 12.8 Å². The molecule has 116 valence electrons. The smallest absolute Gasteiger partial charge is 0.241 e. The number of aliphatic imine (C=N–C) groups is 1. The molecule has 21 heavy (non-hydrogen) atoms. The standard InChI is InChI=1S/C14H20N4O2.HI/c1-20-12-5-3-2-4-11(12)18-14(15)17-9-13(19)16-8-10-6-7-10;/h2-5,10H,6-9H2,1H3,(H,16,19)(H3,15,17,18);1H. The summed E-state index contributed by atoms with van der Waals surface area (Å²) in [5.74, 6) is 1.41. The van der Waals surface area contributed by atoms with E-state index in [-0.39, 0.29) is 42.4 Å². The van der Waals surface area contributed by atoms with Crippen LogP contribution in [-0.2, 0) is 4.79 Å². The Balaban J connectivity index is 0.00000220. The van der Waals surface area contributed by atoms with E-state index in [1.54, 1.807) is 7.11 Å². The number of hydrogen-bond donors (Lipinski definition) is 3. The lowest BCUT2D eigenvalue weighted by molar-refractivity contribution is -0.119. The Morgan fingerprint density at radius 2 is 2.14 bits per heavy atom. The summed E-state index contributed by atoms with van der Waals surface area (Å²) in [5.41, 5.74) is 6.47. The van der Waals surface area contributed by atoms with Crippen molar-refractivity contribution in [2.24, 2.45) is 16.6 Å². The van der Waals surface area contributed by atoms with Gasteiger partial charge in [-0.15, -0.1) is 24.0 Å². The van der Waals surface area contributed by atoms with E-state index in [0.717, 1.165) is 12.2 Å². The van der Waals surface area contributed by atoms with Gasteiger partial charge in [0.15, 0.2) is 5.96 Å². The van der Waals surface area contributed by atoms with Crippen LogP contribution in [0, 0.1) is 5.92 Å². The lowest BCUT2D eigenvalue weighted by Crippen LogP contribution is -2.30. The van der Waals surface area contributed by atoms with Crippen LogP contribution in [-0.4, -0.2) is 32.1 Å². The van der Waals surface area contributed by atoms with Gasteiger partial charge in [-0.2, -0.15) is 0 Å². The summed E-state index contributed by atoms with van der Waals surface area (Å²) in [7, 11) is 1.58. The molecular weight excluding hydrogens is 383 g/mol. The number of guanidine groups is 1. The number of hydrogen-bond acceptors (Lipinski definition) is 3. The molecular formula is C14H21IN4O2. The fraction of sp³-hybridized carbons (Fsp3) is 0.429. The lowest BCUT2D eigenvalue weighted by atomic mass is 10.3. The van der Waals surface area contributed by atoms with Crippen molar-refractivity contribution in [2.75, 3.05) is 25.5 Å². The zero-order chi connectivity index (χ0) is 14.4. The minimum Gasteiger partial charge on any atom is -0.495 e. The van der Waals surface area contributed by atoms with Crippen molar-refractivity contribution < 1.29 is 9.53 Å². The Morgan fingerprint density at radius 1 is 1.43 bits per heavy atom. The number of carbonyl (C=O) groups excluding carboxylic acids is 1. The van der Waals surface area contributed by atoms with Gasteiger partial charge in [0.25, 0.3) is 0 Å². The minimum atomic E-state index is -0.110. The van der Waals surface area contributed by atoms with Gasteiger partial charge in [-0.3, -0.25) is 4.79 Å². The third-order valence-corrected chi connectivity index (χ3v) is 3.05. The van der Waals surface area contributed by atoms with Crippen LogP contribution in [0.1, 0.15) is 12.8 Å². The zero-order valence-corrected chi connectivity index (χ0v) is 14.3. The van der Waals surface area contributed by atoms with Crippen molar-refractivity contribution in [1.82, 2.24) is 5.32 Å². The summed E-state index contributed by atoms with van der Waals surface area (Å²) >= 11 is 0. The number of rotatable bonds is 6. The van der Waals surface area contributed by atoms with E-state index in [4.69, 9.17) is 10.5 Å². The average molecular weight is 404 g/mol. The molecule has 6 nitrogen and oxygen atoms in total. The molecule has 0 heterocycles. The number of anilines is 1. The molecule has 0 radical (unpaired) electrons. The van der Waals surface area contributed by atoms with Gasteiger partial charge in [0.05, 0.1) is 12.8 Å². The highest BCUT2D eigenvalue weighted by Crippen LogP contribution is 2.27. The van der Waals surface area contributed by atoms with E-state index < -0.39 is 0 Å². The quantitative estimate of drug-likeness (QED) is 0.382. The molecule has 0 aliphatic heterocycles. The molecule has 1 saturated carbocycles. The van der Waals surface area contributed by atoms with E-state index in [1.165, 1.54) is 12.8 Å². The largest absolute Gasteiger partial charge is 0.495 e. The maximum absolute atomic E-state index is 11.5. The van der Waals surface area contributed by atoms with E-state index in [2.05, 4.69) is 15.6 Å². The van der Waals surface area contributed by atoms with Crippen LogP contribution in [0.5, 0.6) is 5.75 Å². The van der Waals surface area contributed by atoms with Crippen molar-refractivity contribution in [3.8, 4) is 5.75 Å². The number of ether oxygens (including phenoxy) is 1. The Morgan fingerprint density at radius 3 is 2.81 bits per heavy atom. The summed E-state index contributed by atoms with van der Waals surface area (Å²) in [5, 5.41) is 5.75. The van der Waals surface area contributed by atoms with Crippen molar-refractivity contribution >= 4 is 41.5 Å². The summed E-state index contributed by atoms with van der Waals surface area (Å²) in [6.45, 7) is 0.773. The minimum absolute atomic E-state index is 0. The van der Waals surface area contributed by atoms with Gasteiger partial charge in [0, 0.05) is 6.54 Å². The number of methoxy groups -OCH3 is 1. The van der Waals surface area contributed by atoms with E-state index in [1.807, 2.05) is 24.3 Å². The fourth-order valence-corrected chi connectivity index (χ4v) is 1.72. The number of carbonyl (C=O) groups is 1. The Kier molecular flexibility index (Phi) is 7.27. The third-order valence-electron chi connectivity index (χ3n) is 3.05. The van der Waals surface area contributed by atoms with E-state index in [9.17, 15) is 4.79 Å². The second-order valence-corrected chi connectivity index (χ2v) is 4.77. The molecule has 1 amide bonds. The number of nitrogens with zero attached hydrogens (tertiary/aromatic N) is 1. The number of halogens is 1. The van der Waals surface area contributed by atoms with Crippen LogP contribution in [0.2, 0.25) is 0 Å². The normalized spacial score (nSPS) is 14.0. The fourth-order valence-electron chi connectivity index (χ4n) is 1.72. The van der Waals surface area contributed by atoms with Crippen LogP contribution >= 0.6 is 24.0 Å². The number of nitrogens with one attached hydrogen (secondary N) is 2. The van der Waals surface area contributed by atoms with Gasteiger partial charge < -0.3 is 21.1 Å². The first-order valence-electron chi connectivity index (χ1n) is 6.65. The maximum Gasteiger partial charge on any atom is 0.241 e. The average Bonchev–Trinajstić information content (AvgIpc) is 3.27. The van der Waals surface area contributed by atoms with E-state index in [0.29, 0.717) is 11.7 Å². The first-order valence-corrected chi connectivity index (χ1v) is 6.65.